The van der Waals surface area contributed by atoms with Gasteiger partial charge in [0.05, 0.1) is 12.0 Å². The van der Waals surface area contributed by atoms with E-state index in [-0.39, 0.29) is 5.78 Å². The molecular formula is C38H60F3N3O2. The number of nitrogens with zero attached hydrogens (tertiary/aromatic N) is 1. The quantitative estimate of drug-likeness (QED) is 0.220. The molecule has 5 nitrogen and oxygen atoms in total. The maximum atomic E-state index is 13.0. The molecular weight excluding hydrogens is 587 g/mol. The number of benzene rings is 2. The number of carbonyl (C=O) groups excluding carboxylic acids is 2. The molecule has 2 aliphatic rings. The number of rotatable bonds is 8. The highest BCUT2D eigenvalue weighted by Crippen LogP contribution is 2.51. The zero-order chi connectivity index (χ0) is 35.8. The summed E-state index contributed by atoms with van der Waals surface area (Å²) in [4.78, 5) is 23.5. The van der Waals surface area contributed by atoms with Gasteiger partial charge in [0.15, 0.2) is 0 Å². The third-order valence-corrected chi connectivity index (χ3v) is 7.76. The predicted molar refractivity (Wildman–Crippen MR) is 190 cm³/mol. The van der Waals surface area contributed by atoms with E-state index in [1.807, 2.05) is 47.5 Å². The van der Waals surface area contributed by atoms with Gasteiger partial charge in [0.2, 0.25) is 0 Å². The van der Waals surface area contributed by atoms with E-state index in [2.05, 4.69) is 78.7 Å². The average Bonchev–Trinajstić information content (AvgIpc) is 3.38. The zero-order valence-electron chi connectivity index (χ0n) is 29.4. The molecule has 46 heavy (non-hydrogen) atoms. The number of unbranched alkanes of at least 4 members (excludes halogenated alkanes) is 1. The molecule has 1 saturated heterocycles. The molecule has 0 amide bonds. The number of carbonyl (C=O) groups is 2. The minimum absolute atomic E-state index is 0.267. The Kier molecular flexibility index (Phi) is 24.6. The summed E-state index contributed by atoms with van der Waals surface area (Å²) in [5, 5.41) is 0. The summed E-state index contributed by atoms with van der Waals surface area (Å²) in [5.41, 5.74) is 16.0. The normalized spacial score (nSPS) is 14.7. The number of piperidine rings is 1. The molecule has 0 saturated carbocycles. The van der Waals surface area contributed by atoms with E-state index in [4.69, 9.17) is 10.5 Å². The van der Waals surface area contributed by atoms with Crippen molar-refractivity contribution in [2.75, 3.05) is 26.2 Å². The van der Waals surface area contributed by atoms with Gasteiger partial charge in [-0.2, -0.15) is 13.2 Å². The topological polar surface area (TPSA) is 89.4 Å². The number of hydrogen-bond acceptors (Lipinski definition) is 5. The van der Waals surface area contributed by atoms with Crippen LogP contribution in [0, 0.1) is 0 Å². The van der Waals surface area contributed by atoms with Crippen molar-refractivity contribution in [1.82, 2.24) is 4.90 Å². The fraction of sp³-hybridized carbons (Fsp3) is 0.526. The number of allylic oxidation sites excluding steroid dienone is 3. The Labute approximate surface area is 277 Å². The van der Waals surface area contributed by atoms with Gasteiger partial charge in [-0.05, 0) is 94.8 Å². The monoisotopic (exact) mass is 647 g/mol. The first-order valence-electron chi connectivity index (χ1n) is 16.5. The Morgan fingerprint density at radius 1 is 0.935 bits per heavy atom. The largest absolute Gasteiger partial charge is 0.400 e. The molecule has 1 aliphatic heterocycles. The molecule has 0 unspecified atom stereocenters. The maximum Gasteiger partial charge on any atom is 0.400 e. The van der Waals surface area contributed by atoms with Crippen molar-refractivity contribution in [2.24, 2.45) is 11.5 Å². The fourth-order valence-electron chi connectivity index (χ4n) is 5.40. The number of fused-ring (bicyclic) bond motifs is 3. The highest BCUT2D eigenvalue weighted by Gasteiger charge is 2.46. The van der Waals surface area contributed by atoms with Crippen molar-refractivity contribution in [3.63, 3.8) is 0 Å². The highest BCUT2D eigenvalue weighted by molar-refractivity contribution is 6.00. The van der Waals surface area contributed by atoms with Crippen molar-refractivity contribution >= 4 is 12.6 Å². The summed E-state index contributed by atoms with van der Waals surface area (Å²) >= 11 is 0. The highest BCUT2D eigenvalue weighted by atomic mass is 19.4. The van der Waals surface area contributed by atoms with Crippen LogP contribution in [0.3, 0.4) is 0 Å². The first kappa shape index (κ1) is 45.1. The Morgan fingerprint density at radius 2 is 1.37 bits per heavy atom. The van der Waals surface area contributed by atoms with E-state index in [0.29, 0.717) is 6.04 Å². The molecule has 0 aromatic heterocycles. The van der Waals surface area contributed by atoms with Crippen molar-refractivity contribution in [1.29, 1.82) is 0 Å². The van der Waals surface area contributed by atoms with Crippen LogP contribution in [0.4, 0.5) is 13.2 Å². The molecule has 0 bridgehead atoms. The number of alkyl halides is 3. The van der Waals surface area contributed by atoms with Gasteiger partial charge in [-0.3, -0.25) is 4.79 Å². The summed E-state index contributed by atoms with van der Waals surface area (Å²) in [5.74, 6) is 0.267. The molecule has 0 spiro atoms. The van der Waals surface area contributed by atoms with Gasteiger partial charge in [-0.15, -0.1) is 6.58 Å². The SMILES string of the molecule is C=CC/C(C)=C\C.C=O.CC.CC.CC(=O)C1(CCCCN2CCC(N)CC2)c2ccccc2-c2ccccc21.NCC(F)(F)F. The Morgan fingerprint density at radius 3 is 1.72 bits per heavy atom. The molecule has 0 radical (unpaired) electrons. The van der Waals surface area contributed by atoms with Crippen LogP contribution in [-0.2, 0) is 15.0 Å². The smallest absolute Gasteiger partial charge is 0.328 e. The Bertz CT molecular complexity index is 1090. The minimum Gasteiger partial charge on any atom is -0.328 e. The van der Waals surface area contributed by atoms with E-state index in [9.17, 15) is 18.0 Å². The first-order valence-corrected chi connectivity index (χ1v) is 16.5. The van der Waals surface area contributed by atoms with Crippen LogP contribution in [0.5, 0.6) is 0 Å². The third kappa shape index (κ3) is 14.6. The summed E-state index contributed by atoms with van der Waals surface area (Å²) in [6.45, 7) is 21.6. The van der Waals surface area contributed by atoms with E-state index >= 15 is 0 Å². The Balaban J connectivity index is 0. The maximum absolute atomic E-state index is 13.0. The molecule has 2 aromatic rings. The van der Waals surface area contributed by atoms with Gasteiger partial charge in [0, 0.05) is 6.04 Å². The van der Waals surface area contributed by atoms with Gasteiger partial charge in [-0.1, -0.05) is 100 Å². The van der Waals surface area contributed by atoms with Crippen molar-refractivity contribution < 1.29 is 22.8 Å². The molecule has 2 aromatic carbocycles. The zero-order valence-corrected chi connectivity index (χ0v) is 29.4. The second kappa shape index (κ2) is 25.1. The fourth-order valence-corrected chi connectivity index (χ4v) is 5.40. The van der Waals surface area contributed by atoms with Gasteiger partial charge in [0.25, 0.3) is 0 Å². The standard InChI is InChI=1S/C24H30N2O.C7H12.C2H4F3N.2C2H6.CH2O/c1-18(27)24(14-6-7-15-26-16-12-19(25)13-17-26)22-10-4-2-8-20(22)21-9-3-5-11-23(21)24;1-4-6-7(3)5-2;3-2(4,5)1-6;3*1-2/h2-5,8-11,19H,6-7,12-17,25H2,1H3;4-5H,1,6H2,2-3H3;1,6H2;2*1-2H3;1H2/b;7-5-;;;;. The Hall–Kier alpha value is -3.07. The molecule has 1 fully saturated rings. The van der Waals surface area contributed by atoms with Crippen LogP contribution in [-0.4, -0.2) is 55.9 Å². The second-order valence-electron chi connectivity index (χ2n) is 10.6. The third-order valence-electron chi connectivity index (χ3n) is 7.76. The molecule has 1 aliphatic carbocycles. The van der Waals surface area contributed by atoms with Crippen molar-refractivity contribution in [3.8, 4) is 11.1 Å². The van der Waals surface area contributed by atoms with Gasteiger partial charge >= 0.3 is 6.18 Å². The lowest BCUT2D eigenvalue weighted by atomic mass is 9.71. The lowest BCUT2D eigenvalue weighted by Crippen LogP contribution is -2.40. The number of likely N-dealkylation sites (tertiary alicyclic amines) is 1. The van der Waals surface area contributed by atoms with Crippen LogP contribution < -0.4 is 11.5 Å². The summed E-state index contributed by atoms with van der Waals surface area (Å²) < 4.78 is 32.0. The average molecular weight is 648 g/mol. The van der Waals surface area contributed by atoms with Gasteiger partial charge in [0.1, 0.15) is 12.6 Å². The lowest BCUT2D eigenvalue weighted by Gasteiger charge is -2.32. The molecule has 0 atom stereocenters. The number of ketones is 1. The number of nitrogens with two attached hydrogens (primary N) is 2. The molecule has 260 valence electrons. The summed E-state index contributed by atoms with van der Waals surface area (Å²) in [7, 11) is 0. The van der Waals surface area contributed by atoms with E-state index < -0.39 is 18.1 Å². The minimum atomic E-state index is -4.18. The number of Topliss-reactive ketones (excluding diaryl/α,β-unsaturated/α-hetero) is 1. The predicted octanol–water partition coefficient (Wildman–Crippen LogP) is 9.04. The first-order chi connectivity index (χ1) is 22.0. The van der Waals surface area contributed by atoms with Crippen LogP contribution in [0.15, 0.2) is 72.8 Å². The van der Waals surface area contributed by atoms with Crippen molar-refractivity contribution in [3.05, 3.63) is 84.0 Å². The molecule has 8 heteroatoms. The number of hydrogen-bond donors (Lipinski definition) is 2. The van der Waals surface area contributed by atoms with Crippen molar-refractivity contribution in [2.45, 2.75) is 105 Å². The van der Waals surface area contributed by atoms with Crippen LogP contribution in [0.1, 0.15) is 98.1 Å². The van der Waals surface area contributed by atoms with Gasteiger partial charge in [-0.25, -0.2) is 0 Å². The second-order valence-corrected chi connectivity index (χ2v) is 10.6. The summed E-state index contributed by atoms with van der Waals surface area (Å²) in [6.07, 6.45) is 6.16. The number of halogens is 3. The van der Waals surface area contributed by atoms with Crippen LogP contribution in [0.2, 0.25) is 0 Å². The lowest BCUT2D eigenvalue weighted by molar-refractivity contribution is -0.121. The van der Waals surface area contributed by atoms with E-state index in [1.54, 1.807) is 6.92 Å². The van der Waals surface area contributed by atoms with Gasteiger partial charge < -0.3 is 21.2 Å². The van der Waals surface area contributed by atoms with Crippen LogP contribution in [0.25, 0.3) is 11.1 Å². The van der Waals surface area contributed by atoms with E-state index in [0.717, 1.165) is 58.2 Å². The molecule has 4 rings (SSSR count). The molecule has 1 heterocycles. The summed E-state index contributed by atoms with van der Waals surface area (Å²) in [6, 6.07) is 17.3. The molecule has 4 N–H and O–H groups in total. The van der Waals surface area contributed by atoms with E-state index in [1.165, 1.54) is 27.8 Å². The van der Waals surface area contributed by atoms with Crippen LogP contribution >= 0.6 is 0 Å².